The minimum absolute atomic E-state index is 0.00710. The maximum atomic E-state index is 12.8. The van der Waals surface area contributed by atoms with Crippen molar-refractivity contribution in [2.75, 3.05) is 25.0 Å². The molecule has 1 aliphatic heterocycles. The van der Waals surface area contributed by atoms with Crippen LogP contribution in [0.5, 0.6) is 0 Å². The third-order valence-electron chi connectivity index (χ3n) is 4.61. The van der Waals surface area contributed by atoms with Gasteiger partial charge in [0.2, 0.25) is 5.91 Å². The summed E-state index contributed by atoms with van der Waals surface area (Å²) in [5, 5.41) is 3.64. The molecule has 1 aliphatic carbocycles. The Hall–Kier alpha value is -1.70. The molecule has 0 spiro atoms. The Labute approximate surface area is 164 Å². The molecule has 26 heavy (non-hydrogen) atoms. The Kier molecular flexibility index (Phi) is 5.11. The van der Waals surface area contributed by atoms with Gasteiger partial charge in [-0.25, -0.2) is 0 Å². The zero-order valence-electron chi connectivity index (χ0n) is 14.1. The second-order valence-corrected chi connectivity index (χ2v) is 8.59. The van der Waals surface area contributed by atoms with Crippen LogP contribution in [0, 0.1) is 5.92 Å². The Morgan fingerprint density at radius 3 is 2.65 bits per heavy atom. The number of hydrogen-bond donors (Lipinski definition) is 1. The van der Waals surface area contributed by atoms with Gasteiger partial charge in [0, 0.05) is 16.9 Å². The molecule has 7 heteroatoms. The van der Waals surface area contributed by atoms with Crippen molar-refractivity contribution in [2.45, 2.75) is 18.9 Å². The van der Waals surface area contributed by atoms with Crippen molar-refractivity contribution in [2.24, 2.45) is 5.92 Å². The number of rotatable bonds is 4. The van der Waals surface area contributed by atoms with Crippen molar-refractivity contribution in [1.82, 2.24) is 4.90 Å². The highest BCUT2D eigenvalue weighted by atomic mass is 79.9. The molecule has 0 radical (unpaired) electrons. The number of amides is 2. The summed E-state index contributed by atoms with van der Waals surface area (Å²) in [7, 11) is 0. The third-order valence-corrected chi connectivity index (χ3v) is 6.12. The number of carbonyl (C=O) groups is 2. The molecule has 1 saturated carbocycles. The first-order chi connectivity index (χ1) is 12.6. The van der Waals surface area contributed by atoms with Crippen LogP contribution in [0.1, 0.15) is 34.2 Å². The third kappa shape index (κ3) is 4.00. The average molecular weight is 435 g/mol. The zero-order chi connectivity index (χ0) is 18.1. The fourth-order valence-corrected chi connectivity index (χ4v) is 4.10. The summed E-state index contributed by atoms with van der Waals surface area (Å²) < 4.78 is 6.87. The van der Waals surface area contributed by atoms with Crippen LogP contribution in [-0.2, 0) is 9.53 Å². The number of hydrogen-bond acceptors (Lipinski definition) is 4. The predicted octanol–water partition coefficient (Wildman–Crippen LogP) is 4.07. The van der Waals surface area contributed by atoms with Gasteiger partial charge >= 0.3 is 0 Å². The maximum Gasteiger partial charge on any atom is 0.264 e. The van der Waals surface area contributed by atoms with E-state index in [0.717, 1.165) is 27.9 Å². The fraction of sp³-hybridized carbons (Fsp3) is 0.368. The van der Waals surface area contributed by atoms with E-state index in [2.05, 4.69) is 21.2 Å². The molecule has 2 amide bonds. The van der Waals surface area contributed by atoms with Gasteiger partial charge < -0.3 is 15.0 Å². The number of thiophene rings is 1. The molecule has 2 aliphatic rings. The number of nitrogens with one attached hydrogen (secondary N) is 1. The van der Waals surface area contributed by atoms with E-state index < -0.39 is 0 Å². The zero-order valence-corrected chi connectivity index (χ0v) is 16.5. The average Bonchev–Trinajstić information content (AvgIpc) is 3.42. The molecule has 1 atom stereocenters. The van der Waals surface area contributed by atoms with E-state index in [1.807, 2.05) is 35.2 Å². The number of morpholine rings is 1. The summed E-state index contributed by atoms with van der Waals surface area (Å²) in [6, 6.07) is 11.6. The Morgan fingerprint density at radius 2 is 1.92 bits per heavy atom. The van der Waals surface area contributed by atoms with Crippen LogP contribution in [0.3, 0.4) is 0 Å². The SMILES string of the molecule is O=C(Nc1ccc(C(=O)N2CCOC(c3ccc(Br)cc3)C2)s1)C1CC1. The first kappa shape index (κ1) is 17.7. The molecule has 4 rings (SSSR count). The molecule has 5 nitrogen and oxygen atoms in total. The molecule has 1 saturated heterocycles. The van der Waals surface area contributed by atoms with Gasteiger partial charge in [0.1, 0.15) is 6.10 Å². The molecule has 1 aromatic carbocycles. The molecule has 136 valence electrons. The van der Waals surface area contributed by atoms with Gasteiger partial charge in [0.15, 0.2) is 0 Å². The summed E-state index contributed by atoms with van der Waals surface area (Å²) in [6.07, 6.45) is 1.82. The molecule has 1 aromatic heterocycles. The first-order valence-electron chi connectivity index (χ1n) is 8.67. The molecule has 2 aromatic rings. The predicted molar refractivity (Wildman–Crippen MR) is 104 cm³/mol. The van der Waals surface area contributed by atoms with E-state index in [4.69, 9.17) is 4.74 Å². The lowest BCUT2D eigenvalue weighted by atomic mass is 10.1. The first-order valence-corrected chi connectivity index (χ1v) is 10.3. The molecular weight excluding hydrogens is 416 g/mol. The summed E-state index contributed by atoms with van der Waals surface area (Å²) in [5.74, 6) is 0.210. The second-order valence-electron chi connectivity index (χ2n) is 6.59. The number of ether oxygens (including phenoxy) is 1. The van der Waals surface area contributed by atoms with Crippen molar-refractivity contribution >= 4 is 44.1 Å². The molecule has 1 unspecified atom stereocenters. The summed E-state index contributed by atoms with van der Waals surface area (Å²) in [5.41, 5.74) is 1.06. The maximum absolute atomic E-state index is 12.8. The lowest BCUT2D eigenvalue weighted by molar-refractivity contribution is -0.117. The van der Waals surface area contributed by atoms with Crippen molar-refractivity contribution in [1.29, 1.82) is 0 Å². The summed E-state index contributed by atoms with van der Waals surface area (Å²) >= 11 is 4.77. The van der Waals surface area contributed by atoms with E-state index in [0.29, 0.717) is 24.6 Å². The number of carbonyl (C=O) groups excluding carboxylic acids is 2. The van der Waals surface area contributed by atoms with Crippen LogP contribution in [0.4, 0.5) is 5.00 Å². The van der Waals surface area contributed by atoms with Gasteiger partial charge in [-0.2, -0.15) is 0 Å². The molecule has 2 fully saturated rings. The number of nitrogens with zero attached hydrogens (tertiary/aromatic N) is 1. The second kappa shape index (κ2) is 7.50. The Morgan fingerprint density at radius 1 is 1.15 bits per heavy atom. The lowest BCUT2D eigenvalue weighted by Crippen LogP contribution is -2.42. The van der Waals surface area contributed by atoms with Gasteiger partial charge in [-0.15, -0.1) is 11.3 Å². The van der Waals surface area contributed by atoms with Crippen LogP contribution < -0.4 is 5.32 Å². The Balaban J connectivity index is 1.41. The molecule has 2 heterocycles. The van der Waals surface area contributed by atoms with Crippen LogP contribution in [0.2, 0.25) is 0 Å². The normalized spacial score (nSPS) is 20.0. The van der Waals surface area contributed by atoms with Gasteiger partial charge in [-0.3, -0.25) is 9.59 Å². The van der Waals surface area contributed by atoms with E-state index in [1.165, 1.54) is 11.3 Å². The van der Waals surface area contributed by atoms with Gasteiger partial charge in [-0.1, -0.05) is 28.1 Å². The minimum atomic E-state index is -0.116. The van der Waals surface area contributed by atoms with Crippen molar-refractivity contribution in [3.63, 3.8) is 0 Å². The number of anilines is 1. The quantitative estimate of drug-likeness (QED) is 0.788. The standard InChI is InChI=1S/C19H19BrN2O3S/c20-14-5-3-12(4-6-14)15-11-22(9-10-25-15)19(24)16-7-8-17(26-16)21-18(23)13-1-2-13/h3-8,13,15H,1-2,9-11H2,(H,21,23). The van der Waals surface area contributed by atoms with Gasteiger partial charge in [0.25, 0.3) is 5.91 Å². The lowest BCUT2D eigenvalue weighted by Gasteiger charge is -2.33. The van der Waals surface area contributed by atoms with Crippen molar-refractivity contribution in [3.8, 4) is 0 Å². The van der Waals surface area contributed by atoms with E-state index in [1.54, 1.807) is 6.07 Å². The highest BCUT2D eigenvalue weighted by molar-refractivity contribution is 9.10. The topological polar surface area (TPSA) is 58.6 Å². The van der Waals surface area contributed by atoms with E-state index in [9.17, 15) is 9.59 Å². The summed E-state index contributed by atoms with van der Waals surface area (Å²) in [6.45, 7) is 1.62. The minimum Gasteiger partial charge on any atom is -0.370 e. The van der Waals surface area contributed by atoms with Gasteiger partial charge in [0.05, 0.1) is 23.0 Å². The monoisotopic (exact) mass is 434 g/mol. The Bertz CT molecular complexity index is 816. The molecular formula is C19H19BrN2O3S. The molecule has 1 N–H and O–H groups in total. The van der Waals surface area contributed by atoms with Crippen LogP contribution in [0.25, 0.3) is 0 Å². The van der Waals surface area contributed by atoms with Crippen LogP contribution in [-0.4, -0.2) is 36.4 Å². The van der Waals surface area contributed by atoms with Crippen molar-refractivity contribution < 1.29 is 14.3 Å². The van der Waals surface area contributed by atoms with Crippen LogP contribution in [0.15, 0.2) is 40.9 Å². The smallest absolute Gasteiger partial charge is 0.264 e. The molecule has 0 bridgehead atoms. The largest absolute Gasteiger partial charge is 0.370 e. The highest BCUT2D eigenvalue weighted by Gasteiger charge is 2.30. The van der Waals surface area contributed by atoms with E-state index in [-0.39, 0.29) is 23.8 Å². The number of benzene rings is 1. The van der Waals surface area contributed by atoms with Crippen LogP contribution >= 0.6 is 27.3 Å². The fourth-order valence-electron chi connectivity index (χ4n) is 2.96. The van der Waals surface area contributed by atoms with E-state index >= 15 is 0 Å². The number of halogens is 1. The van der Waals surface area contributed by atoms with Crippen molar-refractivity contribution in [3.05, 3.63) is 51.3 Å². The highest BCUT2D eigenvalue weighted by Crippen LogP contribution is 2.32. The van der Waals surface area contributed by atoms with Gasteiger partial charge in [-0.05, 0) is 42.7 Å². The summed E-state index contributed by atoms with van der Waals surface area (Å²) in [4.78, 5) is 27.2.